The van der Waals surface area contributed by atoms with Crippen LogP contribution < -0.4 is 4.90 Å². The average molecular weight is 540 g/mol. The van der Waals surface area contributed by atoms with E-state index < -0.39 is 6.04 Å². The first kappa shape index (κ1) is 26.8. The maximum Gasteiger partial charge on any atom is 0.254 e. The van der Waals surface area contributed by atoms with E-state index in [4.69, 9.17) is 11.6 Å². The number of benzene rings is 3. The molecule has 0 saturated carbocycles. The molecule has 1 aliphatic rings. The first-order valence-corrected chi connectivity index (χ1v) is 13.7. The Bertz CT molecular complexity index is 1510. The minimum absolute atomic E-state index is 0.00998. The summed E-state index contributed by atoms with van der Waals surface area (Å²) in [5.41, 5.74) is 5.30. The molecular formula is C33H34ClN3O2. The van der Waals surface area contributed by atoms with Crippen LogP contribution in [-0.4, -0.2) is 33.9 Å². The van der Waals surface area contributed by atoms with Gasteiger partial charge in [-0.25, -0.2) is 0 Å². The van der Waals surface area contributed by atoms with Gasteiger partial charge in [-0.15, -0.1) is 0 Å². The highest BCUT2D eigenvalue weighted by Gasteiger charge is 2.37. The number of hydrogen-bond acceptors (Lipinski definition) is 2. The molecule has 1 atom stereocenters. The van der Waals surface area contributed by atoms with E-state index in [1.165, 1.54) is 0 Å². The number of nitrogens with zero attached hydrogens (tertiary/aromatic N) is 3. The molecule has 0 aliphatic carbocycles. The second-order valence-corrected chi connectivity index (χ2v) is 11.8. The summed E-state index contributed by atoms with van der Waals surface area (Å²) >= 11 is 6.40. The summed E-state index contributed by atoms with van der Waals surface area (Å²) in [4.78, 5) is 31.5. The molecule has 0 bridgehead atoms. The lowest BCUT2D eigenvalue weighted by molar-refractivity contribution is -0.120. The second-order valence-electron chi connectivity index (χ2n) is 11.4. The molecule has 6 heteroatoms. The number of hydrogen-bond donors (Lipinski definition) is 0. The highest BCUT2D eigenvalue weighted by Crippen LogP contribution is 2.42. The fourth-order valence-corrected chi connectivity index (χ4v) is 5.44. The molecule has 200 valence electrons. The molecule has 4 aromatic rings. The van der Waals surface area contributed by atoms with Crippen LogP contribution in [0.1, 0.15) is 67.8 Å². The molecule has 39 heavy (non-hydrogen) atoms. The zero-order valence-corrected chi connectivity index (χ0v) is 23.8. The van der Waals surface area contributed by atoms with Gasteiger partial charge in [0.2, 0.25) is 5.91 Å². The number of carbonyl (C=O) groups excluding carboxylic acids is 2. The van der Waals surface area contributed by atoms with E-state index in [-0.39, 0.29) is 29.8 Å². The number of halogens is 1. The van der Waals surface area contributed by atoms with Gasteiger partial charge in [-0.2, -0.15) is 0 Å². The molecule has 3 aromatic carbocycles. The fraction of sp³-hybridized carbons (Fsp3) is 0.273. The third-order valence-electron chi connectivity index (χ3n) is 7.34. The largest absolute Gasteiger partial charge is 0.327 e. The summed E-state index contributed by atoms with van der Waals surface area (Å²) in [7, 11) is 0. The minimum atomic E-state index is -0.392. The maximum atomic E-state index is 14.3. The normalized spacial score (nSPS) is 14.6. The minimum Gasteiger partial charge on any atom is -0.327 e. The molecule has 0 saturated heterocycles. The molecule has 2 heterocycles. The van der Waals surface area contributed by atoms with E-state index in [2.05, 4.69) is 25.3 Å². The Morgan fingerprint density at radius 3 is 2.23 bits per heavy atom. The van der Waals surface area contributed by atoms with Crippen molar-refractivity contribution in [1.82, 2.24) is 9.47 Å². The zero-order chi connectivity index (χ0) is 27.9. The maximum absolute atomic E-state index is 14.3. The van der Waals surface area contributed by atoms with Crippen LogP contribution >= 0.6 is 11.6 Å². The molecule has 0 spiro atoms. The Labute approximate surface area is 235 Å². The monoisotopic (exact) mass is 539 g/mol. The van der Waals surface area contributed by atoms with E-state index in [0.29, 0.717) is 10.6 Å². The first-order valence-electron chi connectivity index (χ1n) is 13.3. The molecule has 1 unspecified atom stereocenters. The van der Waals surface area contributed by atoms with Crippen LogP contribution in [0, 0.1) is 0 Å². The van der Waals surface area contributed by atoms with E-state index in [0.717, 1.165) is 28.2 Å². The first-order chi connectivity index (χ1) is 18.6. The van der Waals surface area contributed by atoms with Gasteiger partial charge in [-0.05, 0) is 78.9 Å². The predicted molar refractivity (Wildman–Crippen MR) is 158 cm³/mol. The zero-order valence-electron chi connectivity index (χ0n) is 23.1. The Morgan fingerprint density at radius 1 is 0.897 bits per heavy atom. The lowest BCUT2D eigenvalue weighted by atomic mass is 9.86. The van der Waals surface area contributed by atoms with Crippen LogP contribution in [0.25, 0.3) is 5.69 Å². The molecular weight excluding hydrogens is 506 g/mol. The van der Waals surface area contributed by atoms with Crippen molar-refractivity contribution in [3.8, 4) is 5.69 Å². The van der Waals surface area contributed by atoms with E-state index in [1.807, 2.05) is 110 Å². The summed E-state index contributed by atoms with van der Waals surface area (Å²) in [6.07, 6.45) is 2.01. The van der Waals surface area contributed by atoms with Crippen LogP contribution in [0.15, 0.2) is 91.1 Å². The van der Waals surface area contributed by atoms with Gasteiger partial charge in [0.1, 0.15) is 12.6 Å². The summed E-state index contributed by atoms with van der Waals surface area (Å²) in [5.74, 6) is -0.319. The van der Waals surface area contributed by atoms with Crippen molar-refractivity contribution in [2.24, 2.45) is 0 Å². The number of rotatable bonds is 5. The standard InChI is InChI=1S/C33H34ClN3O2/c1-22(2)36(32(39)23-15-17-25(18-16-23)33(3,4)5)21-30(38)37-28-13-7-6-12-27(28)35-19-9-14-29(35)31(37)24-10-8-11-26(34)20-24/h6-20,22,31H,21H2,1-5H3. The second kappa shape index (κ2) is 10.4. The van der Waals surface area contributed by atoms with Crippen molar-refractivity contribution < 1.29 is 9.59 Å². The predicted octanol–water partition coefficient (Wildman–Crippen LogP) is 7.42. The van der Waals surface area contributed by atoms with Gasteiger partial charge < -0.3 is 9.47 Å². The Morgan fingerprint density at radius 2 is 1.59 bits per heavy atom. The molecule has 0 radical (unpaired) electrons. The van der Waals surface area contributed by atoms with E-state index >= 15 is 0 Å². The molecule has 1 aliphatic heterocycles. The number of aromatic nitrogens is 1. The summed E-state index contributed by atoms with van der Waals surface area (Å²) in [5, 5.41) is 0.606. The summed E-state index contributed by atoms with van der Waals surface area (Å²) in [6, 6.07) is 26.7. The van der Waals surface area contributed by atoms with Gasteiger partial charge in [0, 0.05) is 22.8 Å². The van der Waals surface area contributed by atoms with Gasteiger partial charge in [-0.1, -0.05) is 68.8 Å². The smallest absolute Gasteiger partial charge is 0.254 e. The topological polar surface area (TPSA) is 45.6 Å². The van der Waals surface area contributed by atoms with Crippen LogP contribution in [0.3, 0.4) is 0 Å². The Kier molecular flexibility index (Phi) is 7.13. The van der Waals surface area contributed by atoms with Crippen LogP contribution in [0.5, 0.6) is 0 Å². The average Bonchev–Trinajstić information content (AvgIpc) is 3.40. The van der Waals surface area contributed by atoms with Crippen molar-refractivity contribution >= 4 is 29.1 Å². The van der Waals surface area contributed by atoms with Crippen molar-refractivity contribution in [3.63, 3.8) is 0 Å². The molecule has 5 rings (SSSR count). The van der Waals surface area contributed by atoms with Gasteiger partial charge in [-0.3, -0.25) is 14.5 Å². The fourth-order valence-electron chi connectivity index (χ4n) is 5.24. The van der Waals surface area contributed by atoms with Gasteiger partial charge in [0.25, 0.3) is 5.91 Å². The molecule has 0 N–H and O–H groups in total. The number of carbonyl (C=O) groups is 2. The van der Waals surface area contributed by atoms with E-state index in [9.17, 15) is 9.59 Å². The number of fused-ring (bicyclic) bond motifs is 3. The van der Waals surface area contributed by atoms with Crippen molar-refractivity contribution in [1.29, 1.82) is 0 Å². The van der Waals surface area contributed by atoms with E-state index in [1.54, 1.807) is 4.90 Å². The quantitative estimate of drug-likeness (QED) is 0.265. The van der Waals surface area contributed by atoms with Crippen molar-refractivity contribution in [3.05, 3.63) is 119 Å². The Hall–Kier alpha value is -3.83. The highest BCUT2D eigenvalue weighted by molar-refractivity contribution is 6.30. The van der Waals surface area contributed by atoms with Crippen LogP contribution in [-0.2, 0) is 10.2 Å². The molecule has 5 nitrogen and oxygen atoms in total. The molecule has 2 amide bonds. The van der Waals surface area contributed by atoms with Gasteiger partial charge >= 0.3 is 0 Å². The molecule has 1 aromatic heterocycles. The van der Waals surface area contributed by atoms with Gasteiger partial charge in [0.05, 0.1) is 17.1 Å². The Balaban J connectivity index is 1.53. The number of para-hydroxylation sites is 2. The SMILES string of the molecule is CC(C)N(CC(=O)N1c2ccccc2-n2cccc2C1c1cccc(Cl)c1)C(=O)c1ccc(C(C)(C)C)cc1. The van der Waals surface area contributed by atoms with Crippen molar-refractivity contribution in [2.45, 2.75) is 52.1 Å². The highest BCUT2D eigenvalue weighted by atomic mass is 35.5. The van der Waals surface area contributed by atoms with Crippen molar-refractivity contribution in [2.75, 3.05) is 11.4 Å². The lowest BCUT2D eigenvalue weighted by Crippen LogP contribution is -2.48. The lowest BCUT2D eigenvalue weighted by Gasteiger charge is -2.40. The summed E-state index contributed by atoms with van der Waals surface area (Å²) in [6.45, 7) is 10.3. The van der Waals surface area contributed by atoms with Gasteiger partial charge in [0.15, 0.2) is 0 Å². The summed E-state index contributed by atoms with van der Waals surface area (Å²) < 4.78 is 2.12. The van der Waals surface area contributed by atoms with Crippen LogP contribution in [0.4, 0.5) is 5.69 Å². The molecule has 0 fully saturated rings. The third-order valence-corrected chi connectivity index (χ3v) is 7.58. The van der Waals surface area contributed by atoms with Crippen LogP contribution in [0.2, 0.25) is 5.02 Å². The number of anilines is 1. The third kappa shape index (κ3) is 5.11. The number of amides is 2.